The summed E-state index contributed by atoms with van der Waals surface area (Å²) in [5, 5.41) is 22.1. The van der Waals surface area contributed by atoms with Crippen LogP contribution in [0.5, 0.6) is 5.75 Å². The summed E-state index contributed by atoms with van der Waals surface area (Å²) in [4.78, 5) is 3.90. The zero-order chi connectivity index (χ0) is 10.4. The van der Waals surface area contributed by atoms with Gasteiger partial charge in [0.2, 0.25) is 0 Å². The van der Waals surface area contributed by atoms with Crippen LogP contribution in [0.15, 0.2) is 29.3 Å². The van der Waals surface area contributed by atoms with Crippen molar-refractivity contribution < 1.29 is 56.4 Å². The molecule has 8 nitrogen and oxygen atoms in total. The van der Waals surface area contributed by atoms with E-state index in [0.29, 0.717) is 12.1 Å². The Morgan fingerprint density at radius 1 is 1.21 bits per heavy atom. The number of nitrogens with zero attached hydrogens (tertiary/aromatic N) is 1. The second-order valence-electron chi connectivity index (χ2n) is 2.94. The van der Waals surface area contributed by atoms with Crippen LogP contribution in [0.4, 0.5) is 0 Å². The Bertz CT molecular complexity index is 327. The van der Waals surface area contributed by atoms with Crippen LogP contribution < -0.4 is 15.9 Å². The Morgan fingerprint density at radius 2 is 1.74 bits per heavy atom. The first-order valence-electron chi connectivity index (χ1n) is 4.45. The molecule has 0 unspecified atom stereocenters. The molecule has 0 aliphatic carbocycles. The van der Waals surface area contributed by atoms with Crippen molar-refractivity contribution in [2.45, 2.75) is 6.10 Å². The van der Waals surface area contributed by atoms with Crippen molar-refractivity contribution in [1.29, 1.82) is 0 Å². The zero-order valence-electron chi connectivity index (χ0n) is 10.1. The summed E-state index contributed by atoms with van der Waals surface area (Å²) < 4.78 is 0. The van der Waals surface area contributed by atoms with Crippen LogP contribution in [0.25, 0.3) is 0 Å². The van der Waals surface area contributed by atoms with Gasteiger partial charge in [-0.3, -0.25) is 4.99 Å². The Labute approximate surface area is 123 Å². The predicted octanol–water partition coefficient (Wildman–Crippen LogP) is -3.74. The van der Waals surface area contributed by atoms with Gasteiger partial charge in [-0.2, -0.15) is 0 Å². The van der Waals surface area contributed by atoms with E-state index in [1.54, 1.807) is 18.2 Å². The molecule has 0 amide bonds. The topological polar surface area (TPSA) is 206 Å². The van der Waals surface area contributed by atoms with Gasteiger partial charge in [0.05, 0.1) is 6.54 Å². The van der Waals surface area contributed by atoms with E-state index >= 15 is 0 Å². The minimum absolute atomic E-state index is 0. The van der Waals surface area contributed by atoms with Gasteiger partial charge in [0.1, 0.15) is 0 Å². The number of hydrogen-bond donors (Lipinski definition) is 1. The third-order valence-corrected chi connectivity index (χ3v) is 1.78. The normalized spacial score (nSPS) is 9.79. The summed E-state index contributed by atoms with van der Waals surface area (Å²) in [5.74, 6) is -0.0756. The van der Waals surface area contributed by atoms with E-state index in [2.05, 4.69) is 10.7 Å². The molecule has 1 atom stereocenters. The fourth-order valence-corrected chi connectivity index (χ4v) is 0.947. The number of aliphatic imine (C=N–C) groups is 1. The van der Waals surface area contributed by atoms with Crippen LogP contribution in [0, 0.1) is 0 Å². The summed E-state index contributed by atoms with van der Waals surface area (Å²) in [5.41, 5.74) is 4.00. The molecule has 113 valence electrons. The molecule has 0 heterocycles. The fraction of sp³-hybridized carbons (Fsp3) is 0.300. The summed E-state index contributed by atoms with van der Waals surface area (Å²) in [6.07, 6.45) is 0.674. The van der Waals surface area contributed by atoms with Gasteiger partial charge in [-0.05, 0) is 5.56 Å². The van der Waals surface area contributed by atoms with Crippen LogP contribution in [0.1, 0.15) is 5.56 Å². The van der Waals surface area contributed by atoms with Gasteiger partial charge >= 0.3 is 0 Å². The third kappa shape index (κ3) is 11.8. The van der Waals surface area contributed by atoms with E-state index in [9.17, 15) is 10.2 Å². The Balaban J connectivity index is -0.000000131. The molecule has 7 N–H and O–H groups in total. The van der Waals surface area contributed by atoms with Gasteiger partial charge in [-0.15, -0.1) is 5.75 Å². The van der Waals surface area contributed by atoms with Gasteiger partial charge in [0.15, 0.2) is 0 Å². The quantitative estimate of drug-likeness (QED) is 0.556. The maximum Gasteiger partial charge on any atom is 0.0631 e. The Hall–Kier alpha value is -0.966. The van der Waals surface area contributed by atoms with Crippen molar-refractivity contribution in [3.63, 3.8) is 0 Å². The molecule has 1 radical (unpaired) electrons. The number of quaternary nitrogens is 1. The molecule has 1 aromatic rings. The van der Waals surface area contributed by atoms with E-state index in [4.69, 9.17) is 0 Å². The monoisotopic (exact) mass is 312 g/mol. The summed E-state index contributed by atoms with van der Waals surface area (Å²) >= 11 is 0. The number of hydrogen-bond acceptors (Lipinski definition) is 3. The predicted molar refractivity (Wildman–Crippen MR) is 58.5 cm³/mol. The van der Waals surface area contributed by atoms with Crippen LogP contribution in [-0.2, 0) is 29.5 Å². The molecule has 0 aliphatic heterocycles. The SMILES string of the molecule is O.O.[NH3+]C[C@H]([O-])CN=Cc1ccccc1[O-].[O-2].[O-2].[V]. The Morgan fingerprint density at radius 3 is 2.21 bits per heavy atom. The van der Waals surface area contributed by atoms with Crippen molar-refractivity contribution in [3.05, 3.63) is 29.8 Å². The second-order valence-corrected chi connectivity index (χ2v) is 2.94. The molecular weight excluding hydrogens is 295 g/mol. The van der Waals surface area contributed by atoms with E-state index in [1.165, 1.54) is 12.3 Å². The first-order valence-corrected chi connectivity index (χ1v) is 4.45. The maximum atomic E-state index is 11.2. The van der Waals surface area contributed by atoms with Crippen molar-refractivity contribution in [2.75, 3.05) is 13.1 Å². The molecule has 0 saturated heterocycles. The minimum Gasteiger partial charge on any atom is -2.00 e. The first-order chi connectivity index (χ1) is 6.74. The fourth-order valence-electron chi connectivity index (χ4n) is 0.947. The van der Waals surface area contributed by atoms with Crippen molar-refractivity contribution in [2.24, 2.45) is 4.99 Å². The maximum absolute atomic E-state index is 11.2. The van der Waals surface area contributed by atoms with Crippen molar-refractivity contribution >= 4 is 6.21 Å². The second kappa shape index (κ2) is 17.0. The van der Waals surface area contributed by atoms with Crippen LogP contribution in [0.2, 0.25) is 0 Å². The molecule has 0 aliphatic rings. The molecule has 0 saturated carbocycles. The van der Waals surface area contributed by atoms with Gasteiger partial charge in [0.25, 0.3) is 0 Å². The van der Waals surface area contributed by atoms with Gasteiger partial charge < -0.3 is 37.9 Å². The molecule has 0 fully saturated rings. The minimum atomic E-state index is -0.773. The smallest absolute Gasteiger partial charge is 0.0631 e. The van der Waals surface area contributed by atoms with Gasteiger partial charge in [-0.1, -0.05) is 30.4 Å². The molecule has 1 rings (SSSR count). The summed E-state index contributed by atoms with van der Waals surface area (Å²) in [6.45, 7) is 0.494. The summed E-state index contributed by atoms with van der Waals surface area (Å²) in [7, 11) is 0. The molecule has 0 spiro atoms. The van der Waals surface area contributed by atoms with E-state index in [0.717, 1.165) is 0 Å². The van der Waals surface area contributed by atoms with Crippen LogP contribution in [0.3, 0.4) is 0 Å². The zero-order valence-corrected chi connectivity index (χ0v) is 11.5. The third-order valence-electron chi connectivity index (χ3n) is 1.78. The number of benzene rings is 1. The average molecular weight is 312 g/mol. The average Bonchev–Trinajstić information content (AvgIpc) is 2.20. The molecule has 1 aromatic carbocycles. The summed E-state index contributed by atoms with van der Waals surface area (Å²) in [6, 6.07) is 6.58. The van der Waals surface area contributed by atoms with Crippen molar-refractivity contribution in [1.82, 2.24) is 0 Å². The largest absolute Gasteiger partial charge is 2.00 e. The first kappa shape index (κ1) is 30.8. The van der Waals surface area contributed by atoms with Gasteiger partial charge in [0, 0.05) is 31.3 Å². The van der Waals surface area contributed by atoms with E-state index < -0.39 is 6.10 Å². The number of para-hydroxylation sites is 1. The van der Waals surface area contributed by atoms with Crippen LogP contribution >= 0.6 is 0 Å². The molecule has 0 bridgehead atoms. The van der Waals surface area contributed by atoms with E-state index in [-0.39, 0.29) is 52.8 Å². The molecule has 0 aromatic heterocycles. The molecule has 9 heteroatoms. The molecular formula is C10H17N2O6V-5. The van der Waals surface area contributed by atoms with E-state index in [1.807, 2.05) is 0 Å². The standard InChI is InChI=1S/C10H13N2O2.2H2O.2O.V/c11-5-9(13)7-12-6-8-3-1-2-4-10(8)14;;;;;/h1-4,6,9,14H,5,7,11H2;2*1H2;;;/q-1;;;2*-2;/t9-;;;;;/m0...../s1. The van der Waals surface area contributed by atoms with Gasteiger partial charge in [-0.25, -0.2) is 0 Å². The van der Waals surface area contributed by atoms with Crippen molar-refractivity contribution in [3.8, 4) is 5.75 Å². The molecule has 19 heavy (non-hydrogen) atoms. The number of rotatable bonds is 4. The van der Waals surface area contributed by atoms with Crippen LogP contribution in [-0.4, -0.2) is 36.4 Å². The Kier molecular flexibility index (Phi) is 27.6.